The van der Waals surface area contributed by atoms with E-state index >= 15 is 0 Å². The average Bonchev–Trinajstić information content (AvgIpc) is 2.85. The van der Waals surface area contributed by atoms with Crippen LogP contribution in [-0.4, -0.2) is 26.9 Å². The highest BCUT2D eigenvalue weighted by molar-refractivity contribution is 7.92. The number of benzene rings is 3. The molecule has 7 nitrogen and oxygen atoms in total. The van der Waals surface area contributed by atoms with Gasteiger partial charge in [0.05, 0.1) is 10.5 Å². The highest BCUT2D eigenvalue weighted by Crippen LogP contribution is 2.20. The first-order valence-electron chi connectivity index (χ1n) is 11.4. The molecule has 0 spiro atoms. The first-order valence-corrected chi connectivity index (χ1v) is 12.9. The van der Waals surface area contributed by atoms with Crippen molar-refractivity contribution in [1.82, 2.24) is 0 Å². The molecule has 3 aromatic carbocycles. The molecule has 2 N–H and O–H groups in total. The van der Waals surface area contributed by atoms with Crippen LogP contribution in [0, 0.1) is 13.8 Å². The summed E-state index contributed by atoms with van der Waals surface area (Å²) in [6.45, 7) is 5.45. The number of hydrogen-bond donors (Lipinski definition) is 2. The number of sulfonamides is 1. The number of ether oxygens (including phenoxy) is 1. The molecule has 0 saturated carbocycles. The van der Waals surface area contributed by atoms with Crippen LogP contribution in [0.25, 0.3) is 0 Å². The Hall–Kier alpha value is -3.65. The quantitative estimate of drug-likeness (QED) is 0.375. The summed E-state index contributed by atoms with van der Waals surface area (Å²) in [6, 6.07) is 18.3. The van der Waals surface area contributed by atoms with Crippen LogP contribution in [0.15, 0.2) is 71.6 Å². The SMILES string of the molecule is CCCCc1ccc(NS(=O)(=O)c2cccc(C(=O)OCC(=O)Nc3cccc(C)c3C)c2)cc1. The standard InChI is InChI=1S/C27H30N2O5S/c1-4-5-9-21-13-15-23(16-14-21)29-35(32,33)24-11-7-10-22(17-24)27(31)34-18-26(30)28-25-12-6-8-19(2)20(25)3/h6-8,10-17,29H,4-5,9,18H2,1-3H3,(H,28,30). The van der Waals surface area contributed by atoms with E-state index in [4.69, 9.17) is 4.74 Å². The number of esters is 1. The molecular weight excluding hydrogens is 464 g/mol. The second-order valence-corrected chi connectivity index (χ2v) is 9.99. The minimum Gasteiger partial charge on any atom is -0.452 e. The van der Waals surface area contributed by atoms with E-state index < -0.39 is 28.5 Å². The lowest BCUT2D eigenvalue weighted by atomic mass is 10.1. The van der Waals surface area contributed by atoms with Gasteiger partial charge in [-0.25, -0.2) is 13.2 Å². The van der Waals surface area contributed by atoms with Gasteiger partial charge in [0.25, 0.3) is 15.9 Å². The number of carbonyl (C=O) groups is 2. The summed E-state index contributed by atoms with van der Waals surface area (Å²) in [6.07, 6.45) is 3.10. The van der Waals surface area contributed by atoms with E-state index in [-0.39, 0.29) is 10.5 Å². The van der Waals surface area contributed by atoms with Gasteiger partial charge in [0.15, 0.2) is 6.61 Å². The summed E-state index contributed by atoms with van der Waals surface area (Å²) in [5.74, 6) is -1.28. The molecule has 3 aromatic rings. The molecule has 0 aliphatic heterocycles. The Bertz CT molecular complexity index is 1300. The third-order valence-corrected chi connectivity index (χ3v) is 7.00. The van der Waals surface area contributed by atoms with E-state index in [1.165, 1.54) is 24.3 Å². The van der Waals surface area contributed by atoms with Gasteiger partial charge >= 0.3 is 5.97 Å². The number of rotatable bonds is 10. The third kappa shape index (κ3) is 7.16. The Morgan fingerprint density at radius 3 is 2.37 bits per heavy atom. The van der Waals surface area contributed by atoms with Crippen molar-refractivity contribution in [3.63, 3.8) is 0 Å². The Morgan fingerprint density at radius 1 is 0.943 bits per heavy atom. The summed E-state index contributed by atoms with van der Waals surface area (Å²) in [5, 5.41) is 2.71. The topological polar surface area (TPSA) is 102 Å². The molecule has 0 heterocycles. The van der Waals surface area contributed by atoms with Crippen LogP contribution >= 0.6 is 0 Å². The van der Waals surface area contributed by atoms with Gasteiger partial charge < -0.3 is 10.1 Å². The van der Waals surface area contributed by atoms with Gasteiger partial charge in [-0.1, -0.05) is 43.7 Å². The maximum Gasteiger partial charge on any atom is 0.338 e. The fourth-order valence-electron chi connectivity index (χ4n) is 3.41. The molecule has 8 heteroatoms. The zero-order chi connectivity index (χ0) is 25.4. The van der Waals surface area contributed by atoms with Crippen molar-refractivity contribution in [3.8, 4) is 0 Å². The van der Waals surface area contributed by atoms with Gasteiger partial charge in [-0.05, 0) is 79.8 Å². The fraction of sp³-hybridized carbons (Fsp3) is 0.259. The molecule has 0 atom stereocenters. The number of amides is 1. The lowest BCUT2D eigenvalue weighted by molar-refractivity contribution is -0.119. The molecule has 0 aromatic heterocycles. The van der Waals surface area contributed by atoms with Gasteiger partial charge in [-0.15, -0.1) is 0 Å². The molecule has 0 aliphatic rings. The van der Waals surface area contributed by atoms with Gasteiger partial charge in [0.1, 0.15) is 0 Å². The van der Waals surface area contributed by atoms with Gasteiger partial charge in [0.2, 0.25) is 0 Å². The second kappa shape index (κ2) is 11.7. The summed E-state index contributed by atoms with van der Waals surface area (Å²) >= 11 is 0. The molecule has 1 amide bonds. The zero-order valence-corrected chi connectivity index (χ0v) is 20.9. The minimum absolute atomic E-state index is 0.0299. The summed E-state index contributed by atoms with van der Waals surface area (Å²) in [7, 11) is -3.92. The normalized spacial score (nSPS) is 11.1. The highest BCUT2D eigenvalue weighted by Gasteiger charge is 2.18. The lowest BCUT2D eigenvalue weighted by Gasteiger charge is -2.11. The number of aryl methyl sites for hydroxylation is 2. The molecule has 0 fully saturated rings. The van der Waals surface area contributed by atoms with Crippen molar-refractivity contribution < 1.29 is 22.7 Å². The lowest BCUT2D eigenvalue weighted by Crippen LogP contribution is -2.21. The fourth-order valence-corrected chi connectivity index (χ4v) is 4.52. The zero-order valence-electron chi connectivity index (χ0n) is 20.1. The number of hydrogen-bond acceptors (Lipinski definition) is 5. The predicted octanol–water partition coefficient (Wildman–Crippen LogP) is 5.24. The molecule has 35 heavy (non-hydrogen) atoms. The van der Waals surface area contributed by atoms with Crippen molar-refractivity contribution >= 4 is 33.3 Å². The Balaban J connectivity index is 1.62. The first-order chi connectivity index (χ1) is 16.7. The summed E-state index contributed by atoms with van der Waals surface area (Å²) in [5.41, 5.74) is 4.19. The second-order valence-electron chi connectivity index (χ2n) is 8.31. The average molecular weight is 495 g/mol. The molecule has 0 unspecified atom stereocenters. The van der Waals surface area contributed by atoms with Crippen molar-refractivity contribution in [1.29, 1.82) is 0 Å². The van der Waals surface area contributed by atoms with Crippen LogP contribution < -0.4 is 10.0 Å². The monoisotopic (exact) mass is 494 g/mol. The molecule has 0 bridgehead atoms. The van der Waals surface area contributed by atoms with E-state index in [9.17, 15) is 18.0 Å². The van der Waals surface area contributed by atoms with Crippen LogP contribution in [-0.2, 0) is 26.0 Å². The van der Waals surface area contributed by atoms with E-state index in [0.29, 0.717) is 11.4 Å². The molecule has 0 radical (unpaired) electrons. The van der Waals surface area contributed by atoms with Crippen LogP contribution in [0.1, 0.15) is 46.8 Å². The smallest absolute Gasteiger partial charge is 0.338 e. The van der Waals surface area contributed by atoms with E-state index in [1.807, 2.05) is 38.1 Å². The van der Waals surface area contributed by atoms with Crippen LogP contribution in [0.3, 0.4) is 0 Å². The van der Waals surface area contributed by atoms with Gasteiger partial charge in [0, 0.05) is 11.4 Å². The summed E-state index contributed by atoms with van der Waals surface area (Å²) in [4.78, 5) is 24.6. The van der Waals surface area contributed by atoms with Gasteiger partial charge in [-0.2, -0.15) is 0 Å². The Morgan fingerprint density at radius 2 is 1.66 bits per heavy atom. The summed E-state index contributed by atoms with van der Waals surface area (Å²) < 4.78 is 33.3. The van der Waals surface area contributed by atoms with E-state index in [1.54, 1.807) is 18.2 Å². The molecule has 0 saturated heterocycles. The molecule has 184 valence electrons. The molecular formula is C27H30N2O5S. The number of nitrogens with one attached hydrogen (secondary N) is 2. The largest absolute Gasteiger partial charge is 0.452 e. The maximum absolute atomic E-state index is 12.8. The van der Waals surface area contributed by atoms with Crippen molar-refractivity contribution in [2.24, 2.45) is 0 Å². The van der Waals surface area contributed by atoms with Crippen LogP contribution in [0.4, 0.5) is 11.4 Å². The van der Waals surface area contributed by atoms with Crippen molar-refractivity contribution in [3.05, 3.63) is 89.0 Å². The predicted molar refractivity (Wildman–Crippen MR) is 137 cm³/mol. The number of carbonyl (C=O) groups excluding carboxylic acids is 2. The van der Waals surface area contributed by atoms with Crippen molar-refractivity contribution in [2.75, 3.05) is 16.6 Å². The minimum atomic E-state index is -3.92. The van der Waals surface area contributed by atoms with Gasteiger partial charge in [-0.3, -0.25) is 9.52 Å². The highest BCUT2D eigenvalue weighted by atomic mass is 32.2. The number of anilines is 2. The van der Waals surface area contributed by atoms with E-state index in [0.717, 1.165) is 36.0 Å². The number of unbranched alkanes of at least 4 members (excludes halogenated alkanes) is 1. The molecule has 0 aliphatic carbocycles. The van der Waals surface area contributed by atoms with Crippen LogP contribution in [0.5, 0.6) is 0 Å². The van der Waals surface area contributed by atoms with Crippen molar-refractivity contribution in [2.45, 2.75) is 44.9 Å². The maximum atomic E-state index is 12.8. The third-order valence-electron chi connectivity index (χ3n) is 5.62. The Labute approximate surface area is 206 Å². The molecule has 3 rings (SSSR count). The van der Waals surface area contributed by atoms with Crippen LogP contribution in [0.2, 0.25) is 0 Å². The van der Waals surface area contributed by atoms with E-state index in [2.05, 4.69) is 17.0 Å². The first kappa shape index (κ1) is 26.0. The Kier molecular flexibility index (Phi) is 8.65.